The second-order valence-corrected chi connectivity index (χ2v) is 10.1. The molecular weight excluding hydrogens is 512 g/mol. The van der Waals surface area contributed by atoms with Gasteiger partial charge in [0.1, 0.15) is 17.2 Å². The molecular formula is C33H39ClO5. The number of rotatable bonds is 16. The smallest absolute Gasteiger partial charge is 0.343 e. The molecule has 0 aliphatic carbocycles. The lowest BCUT2D eigenvalue weighted by Gasteiger charge is -2.10. The van der Waals surface area contributed by atoms with Crippen molar-refractivity contribution in [2.24, 2.45) is 0 Å². The molecule has 0 heterocycles. The Morgan fingerprint density at radius 2 is 1.23 bits per heavy atom. The van der Waals surface area contributed by atoms with Crippen molar-refractivity contribution >= 4 is 23.5 Å². The number of carbonyl (C=O) groups excluding carboxylic acids is 2. The molecule has 0 spiro atoms. The molecule has 3 aromatic rings. The average Bonchev–Trinajstić information content (AvgIpc) is 2.95. The fourth-order valence-electron chi connectivity index (χ4n) is 4.10. The molecule has 5 nitrogen and oxygen atoms in total. The van der Waals surface area contributed by atoms with Crippen molar-refractivity contribution in [3.63, 3.8) is 0 Å². The molecule has 3 rings (SSSR count). The van der Waals surface area contributed by atoms with Crippen molar-refractivity contribution in [2.75, 3.05) is 6.61 Å². The van der Waals surface area contributed by atoms with Crippen LogP contribution in [-0.4, -0.2) is 18.5 Å². The van der Waals surface area contributed by atoms with E-state index in [0.29, 0.717) is 17.9 Å². The first kappa shape index (κ1) is 30.2. The number of aryl methyl sites for hydroxylation is 1. The van der Waals surface area contributed by atoms with Crippen LogP contribution in [0, 0.1) is 0 Å². The topological polar surface area (TPSA) is 61.8 Å². The third-order valence-electron chi connectivity index (χ3n) is 6.43. The van der Waals surface area contributed by atoms with Crippen molar-refractivity contribution in [3.8, 4) is 17.2 Å². The number of hydrogen-bond donors (Lipinski definition) is 0. The number of ether oxygens (including phenoxy) is 3. The van der Waals surface area contributed by atoms with Crippen LogP contribution < -0.4 is 14.2 Å². The third-order valence-corrected chi connectivity index (χ3v) is 6.73. The normalized spacial score (nSPS) is 10.7. The Labute approximate surface area is 237 Å². The summed E-state index contributed by atoms with van der Waals surface area (Å²) in [5.74, 6) is 0.248. The highest BCUT2D eigenvalue weighted by atomic mass is 35.5. The van der Waals surface area contributed by atoms with E-state index >= 15 is 0 Å². The molecule has 0 saturated heterocycles. The van der Waals surface area contributed by atoms with Gasteiger partial charge in [0.05, 0.1) is 22.8 Å². The molecule has 3 aromatic carbocycles. The largest absolute Gasteiger partial charge is 0.494 e. The summed E-state index contributed by atoms with van der Waals surface area (Å²) in [6.45, 7) is 5.06. The maximum Gasteiger partial charge on any atom is 0.343 e. The van der Waals surface area contributed by atoms with E-state index in [0.717, 1.165) is 25.0 Å². The predicted molar refractivity (Wildman–Crippen MR) is 156 cm³/mol. The quantitative estimate of drug-likeness (QED) is 0.101. The summed E-state index contributed by atoms with van der Waals surface area (Å²) in [5.41, 5.74) is 1.88. The average molecular weight is 551 g/mol. The summed E-state index contributed by atoms with van der Waals surface area (Å²) in [6.07, 6.45) is 11.7. The van der Waals surface area contributed by atoms with Crippen LogP contribution in [0.15, 0.2) is 66.7 Å². The number of unbranched alkanes of at least 4 members (excludes halogenated alkanes) is 7. The minimum Gasteiger partial charge on any atom is -0.494 e. The maximum atomic E-state index is 12.6. The maximum absolute atomic E-state index is 12.6. The van der Waals surface area contributed by atoms with E-state index in [1.54, 1.807) is 36.4 Å². The van der Waals surface area contributed by atoms with Crippen LogP contribution in [0.2, 0.25) is 5.02 Å². The van der Waals surface area contributed by atoms with E-state index in [1.165, 1.54) is 68.7 Å². The fraction of sp³-hybridized carbons (Fsp3) is 0.394. The summed E-state index contributed by atoms with van der Waals surface area (Å²) in [7, 11) is 0. The number of carbonyl (C=O) groups is 2. The molecule has 0 bridgehead atoms. The van der Waals surface area contributed by atoms with Crippen LogP contribution in [-0.2, 0) is 6.42 Å². The Morgan fingerprint density at radius 3 is 1.92 bits per heavy atom. The van der Waals surface area contributed by atoms with Crippen LogP contribution in [0.4, 0.5) is 0 Å². The zero-order valence-electron chi connectivity index (χ0n) is 23.0. The van der Waals surface area contributed by atoms with Gasteiger partial charge in [-0.3, -0.25) is 0 Å². The summed E-state index contributed by atoms with van der Waals surface area (Å²) in [5, 5.41) is 0.146. The lowest BCUT2D eigenvalue weighted by atomic mass is 10.1. The minimum absolute atomic E-state index is 0.146. The second-order valence-electron chi connectivity index (χ2n) is 9.67. The molecule has 208 valence electrons. The number of benzene rings is 3. The van der Waals surface area contributed by atoms with Crippen LogP contribution >= 0.6 is 11.6 Å². The third kappa shape index (κ3) is 10.4. The molecule has 39 heavy (non-hydrogen) atoms. The Kier molecular flexibility index (Phi) is 12.9. The molecule has 0 N–H and O–H groups in total. The molecule has 6 heteroatoms. The Balaban J connectivity index is 1.47. The van der Waals surface area contributed by atoms with Gasteiger partial charge in [0, 0.05) is 0 Å². The molecule has 0 aliphatic rings. The summed E-state index contributed by atoms with van der Waals surface area (Å²) < 4.78 is 16.7. The number of esters is 2. The first-order valence-corrected chi connectivity index (χ1v) is 14.4. The zero-order valence-corrected chi connectivity index (χ0v) is 23.8. The monoisotopic (exact) mass is 550 g/mol. The molecule has 0 unspecified atom stereocenters. The molecule has 0 aromatic heterocycles. The molecule has 0 amide bonds. The van der Waals surface area contributed by atoms with Crippen molar-refractivity contribution in [1.29, 1.82) is 0 Å². The summed E-state index contributed by atoms with van der Waals surface area (Å²) in [6, 6.07) is 18.8. The SMILES string of the molecule is CCCCCCCCOc1ccc(OC(=O)c2ccc(OC(=O)c3ccc(CCCCC)cc3)c(Cl)c2)cc1. The highest BCUT2D eigenvalue weighted by molar-refractivity contribution is 6.32. The lowest BCUT2D eigenvalue weighted by Crippen LogP contribution is -2.11. The molecule has 0 atom stereocenters. The highest BCUT2D eigenvalue weighted by Gasteiger charge is 2.15. The zero-order chi connectivity index (χ0) is 27.9. The molecule has 0 fully saturated rings. The second kappa shape index (κ2) is 16.6. The van der Waals surface area contributed by atoms with Crippen LogP contribution in [0.3, 0.4) is 0 Å². The van der Waals surface area contributed by atoms with Crippen molar-refractivity contribution in [1.82, 2.24) is 0 Å². The van der Waals surface area contributed by atoms with Gasteiger partial charge >= 0.3 is 11.9 Å². The number of hydrogen-bond acceptors (Lipinski definition) is 5. The van der Waals surface area contributed by atoms with E-state index < -0.39 is 11.9 Å². The van der Waals surface area contributed by atoms with Gasteiger partial charge < -0.3 is 14.2 Å². The minimum atomic E-state index is -0.561. The van der Waals surface area contributed by atoms with Crippen LogP contribution in [0.5, 0.6) is 17.2 Å². The van der Waals surface area contributed by atoms with E-state index in [2.05, 4.69) is 13.8 Å². The summed E-state index contributed by atoms with van der Waals surface area (Å²) in [4.78, 5) is 25.2. The Hall–Kier alpha value is -3.31. The van der Waals surface area contributed by atoms with Crippen molar-refractivity contribution in [3.05, 3.63) is 88.4 Å². The first-order valence-electron chi connectivity index (χ1n) is 14.1. The Morgan fingerprint density at radius 1 is 0.641 bits per heavy atom. The summed E-state index contributed by atoms with van der Waals surface area (Å²) >= 11 is 6.32. The van der Waals surface area contributed by atoms with Gasteiger partial charge in [0.25, 0.3) is 0 Å². The first-order chi connectivity index (χ1) is 19.0. The molecule has 0 radical (unpaired) electrons. The van der Waals surface area contributed by atoms with E-state index in [4.69, 9.17) is 25.8 Å². The molecule has 0 aliphatic heterocycles. The Bertz CT molecular complexity index is 1170. The van der Waals surface area contributed by atoms with Gasteiger partial charge in [-0.1, -0.05) is 82.5 Å². The van der Waals surface area contributed by atoms with Gasteiger partial charge in [-0.05, 0) is 79.4 Å². The van der Waals surface area contributed by atoms with Crippen molar-refractivity contribution < 1.29 is 23.8 Å². The van der Waals surface area contributed by atoms with Gasteiger partial charge in [-0.15, -0.1) is 0 Å². The van der Waals surface area contributed by atoms with Gasteiger partial charge in [-0.2, -0.15) is 0 Å². The molecule has 0 saturated carbocycles. The predicted octanol–water partition coefficient (Wildman–Crippen LogP) is 9.25. The highest BCUT2D eigenvalue weighted by Crippen LogP contribution is 2.27. The van der Waals surface area contributed by atoms with Gasteiger partial charge in [0.15, 0.2) is 0 Å². The van der Waals surface area contributed by atoms with Gasteiger partial charge in [-0.25, -0.2) is 9.59 Å². The van der Waals surface area contributed by atoms with Crippen LogP contribution in [0.25, 0.3) is 0 Å². The fourth-order valence-corrected chi connectivity index (χ4v) is 4.32. The van der Waals surface area contributed by atoms with Gasteiger partial charge in [0.2, 0.25) is 0 Å². The standard InChI is InChI=1S/C33H39ClO5/c1-3-5-7-8-9-11-23-37-28-18-20-29(21-19-28)38-33(36)27-17-22-31(30(34)24-27)39-32(35)26-15-13-25(14-16-26)12-10-6-4-2/h13-22,24H,3-12,23H2,1-2H3. The number of halogens is 1. The van der Waals surface area contributed by atoms with E-state index in [9.17, 15) is 9.59 Å². The van der Waals surface area contributed by atoms with Crippen molar-refractivity contribution in [2.45, 2.75) is 78.1 Å². The lowest BCUT2D eigenvalue weighted by molar-refractivity contribution is 0.0730. The van der Waals surface area contributed by atoms with E-state index in [1.807, 2.05) is 12.1 Å². The van der Waals surface area contributed by atoms with E-state index in [-0.39, 0.29) is 16.3 Å². The van der Waals surface area contributed by atoms with Crippen LogP contribution in [0.1, 0.15) is 97.9 Å².